The van der Waals surface area contributed by atoms with Gasteiger partial charge in [-0.25, -0.2) is 19.3 Å². The molecule has 2 unspecified atom stereocenters. The standard InChI is InChI=1S/C10H18N5O7P/c1-2-21-23(19,20)13-3-5-6(16)7(17)10(22-5)15-4-12-9(14-15)8(11)18/h4-7,10,16-17H,2-3H2,1H3,(H2,11,18)(H2,13,19,20)/t5-,6-,7-,10?/m1/s1. The van der Waals surface area contributed by atoms with Crippen molar-refractivity contribution in [2.75, 3.05) is 13.2 Å². The number of aromatic nitrogens is 3. The first-order valence-electron chi connectivity index (χ1n) is 6.70. The molecule has 1 amide bonds. The fourth-order valence-corrected chi connectivity index (χ4v) is 2.90. The number of nitrogens with one attached hydrogen (secondary N) is 1. The lowest BCUT2D eigenvalue weighted by molar-refractivity contribution is -0.0431. The van der Waals surface area contributed by atoms with Crippen molar-refractivity contribution in [1.29, 1.82) is 0 Å². The van der Waals surface area contributed by atoms with E-state index in [2.05, 4.69) is 19.7 Å². The third-order valence-corrected chi connectivity index (χ3v) is 4.31. The molecule has 1 aliphatic heterocycles. The van der Waals surface area contributed by atoms with Gasteiger partial charge >= 0.3 is 7.75 Å². The van der Waals surface area contributed by atoms with Crippen LogP contribution in [-0.4, -0.2) is 67.2 Å². The number of carbonyl (C=O) groups is 1. The second-order valence-corrected chi connectivity index (χ2v) is 6.37. The highest BCUT2D eigenvalue weighted by molar-refractivity contribution is 7.50. The van der Waals surface area contributed by atoms with Crippen LogP contribution in [0.2, 0.25) is 0 Å². The van der Waals surface area contributed by atoms with Crippen LogP contribution in [0, 0.1) is 0 Å². The molecule has 1 aromatic heterocycles. The van der Waals surface area contributed by atoms with E-state index >= 15 is 0 Å². The zero-order valence-corrected chi connectivity index (χ0v) is 13.0. The number of nitrogens with two attached hydrogens (primary N) is 1. The van der Waals surface area contributed by atoms with E-state index in [9.17, 15) is 24.5 Å². The van der Waals surface area contributed by atoms with Crippen LogP contribution in [0.4, 0.5) is 0 Å². The molecule has 1 fully saturated rings. The largest absolute Gasteiger partial charge is 0.403 e. The first kappa shape index (κ1) is 17.9. The monoisotopic (exact) mass is 351 g/mol. The van der Waals surface area contributed by atoms with Crippen LogP contribution in [0.5, 0.6) is 0 Å². The van der Waals surface area contributed by atoms with E-state index in [1.807, 2.05) is 0 Å². The number of amides is 1. The minimum Gasteiger partial charge on any atom is -0.387 e. The Hall–Kier alpha value is -1.40. The first-order chi connectivity index (χ1) is 10.7. The Labute approximate surface area is 130 Å². The third-order valence-electron chi connectivity index (χ3n) is 3.12. The summed E-state index contributed by atoms with van der Waals surface area (Å²) < 4.78 is 22.6. The SMILES string of the molecule is CCOP(=O)(O)NC[C@H]1OC(n2cnc(C(N)=O)n2)[C@H](O)[C@@H]1O. The van der Waals surface area contributed by atoms with Gasteiger partial charge in [0.2, 0.25) is 5.82 Å². The number of hydrogen-bond acceptors (Lipinski definition) is 8. The molecule has 2 heterocycles. The molecule has 130 valence electrons. The fourth-order valence-electron chi connectivity index (χ4n) is 2.05. The van der Waals surface area contributed by atoms with Crippen LogP contribution in [0.3, 0.4) is 0 Å². The Morgan fingerprint density at radius 1 is 1.57 bits per heavy atom. The lowest BCUT2D eigenvalue weighted by Gasteiger charge is -2.17. The molecule has 5 atom stereocenters. The summed E-state index contributed by atoms with van der Waals surface area (Å²) in [7, 11) is -4.01. The molecule has 0 aliphatic carbocycles. The first-order valence-corrected chi connectivity index (χ1v) is 8.28. The second kappa shape index (κ2) is 7.01. The van der Waals surface area contributed by atoms with Crippen molar-refractivity contribution in [3.63, 3.8) is 0 Å². The maximum Gasteiger partial charge on any atom is 0.403 e. The Balaban J connectivity index is 2.03. The predicted octanol–water partition coefficient (Wildman–Crippen LogP) is -2.28. The van der Waals surface area contributed by atoms with Gasteiger partial charge < -0.3 is 25.6 Å². The molecule has 0 radical (unpaired) electrons. The summed E-state index contributed by atoms with van der Waals surface area (Å²) in [5, 5.41) is 25.9. The van der Waals surface area contributed by atoms with Gasteiger partial charge in [-0.15, -0.1) is 5.10 Å². The lowest BCUT2D eigenvalue weighted by atomic mass is 10.1. The molecular weight excluding hydrogens is 333 g/mol. The number of primary amides is 1. The number of nitrogens with zero attached hydrogens (tertiary/aromatic N) is 3. The number of hydrogen-bond donors (Lipinski definition) is 5. The quantitative estimate of drug-likeness (QED) is 0.336. The molecular formula is C10H18N5O7P. The Morgan fingerprint density at radius 3 is 2.83 bits per heavy atom. The van der Waals surface area contributed by atoms with E-state index in [-0.39, 0.29) is 19.0 Å². The number of aliphatic hydroxyl groups is 2. The third kappa shape index (κ3) is 4.12. The zero-order valence-electron chi connectivity index (χ0n) is 12.1. The molecule has 0 bridgehead atoms. The molecule has 23 heavy (non-hydrogen) atoms. The summed E-state index contributed by atoms with van der Waals surface area (Å²) in [6.07, 6.45) is -3.74. The van der Waals surface area contributed by atoms with Gasteiger partial charge in [-0.05, 0) is 6.92 Å². The molecule has 6 N–H and O–H groups in total. The van der Waals surface area contributed by atoms with Gasteiger partial charge in [-0.1, -0.05) is 0 Å². The highest BCUT2D eigenvalue weighted by Gasteiger charge is 2.44. The van der Waals surface area contributed by atoms with E-state index in [1.54, 1.807) is 6.92 Å². The molecule has 0 aromatic carbocycles. The summed E-state index contributed by atoms with van der Waals surface area (Å²) in [5.74, 6) is -1.12. The highest BCUT2D eigenvalue weighted by Crippen LogP contribution is 2.37. The molecule has 2 rings (SSSR count). The molecule has 0 saturated carbocycles. The van der Waals surface area contributed by atoms with Gasteiger partial charge in [0.15, 0.2) is 6.23 Å². The van der Waals surface area contributed by atoms with Crippen molar-refractivity contribution in [3.8, 4) is 0 Å². The number of rotatable bonds is 7. The van der Waals surface area contributed by atoms with E-state index in [0.29, 0.717) is 0 Å². The number of ether oxygens (including phenoxy) is 1. The molecule has 13 heteroatoms. The minimum atomic E-state index is -4.01. The summed E-state index contributed by atoms with van der Waals surface area (Å²) in [6, 6.07) is 0. The summed E-state index contributed by atoms with van der Waals surface area (Å²) in [4.78, 5) is 24.0. The van der Waals surface area contributed by atoms with Crippen LogP contribution < -0.4 is 10.8 Å². The van der Waals surface area contributed by atoms with Crippen molar-refractivity contribution < 1.29 is 33.7 Å². The minimum absolute atomic E-state index is 0.0228. The predicted molar refractivity (Wildman–Crippen MR) is 73.9 cm³/mol. The van der Waals surface area contributed by atoms with E-state index in [1.165, 1.54) is 0 Å². The summed E-state index contributed by atoms with van der Waals surface area (Å²) in [5.41, 5.74) is 5.03. The summed E-state index contributed by atoms with van der Waals surface area (Å²) >= 11 is 0. The molecule has 1 saturated heterocycles. The van der Waals surface area contributed by atoms with Crippen molar-refractivity contribution in [3.05, 3.63) is 12.2 Å². The van der Waals surface area contributed by atoms with Crippen molar-refractivity contribution >= 4 is 13.7 Å². The number of aliphatic hydroxyl groups excluding tert-OH is 2. The van der Waals surface area contributed by atoms with E-state index < -0.39 is 38.2 Å². The van der Waals surface area contributed by atoms with Crippen molar-refractivity contribution in [2.24, 2.45) is 5.73 Å². The van der Waals surface area contributed by atoms with Crippen LogP contribution in [0.1, 0.15) is 23.8 Å². The van der Waals surface area contributed by atoms with E-state index in [0.717, 1.165) is 11.0 Å². The molecule has 1 aliphatic rings. The van der Waals surface area contributed by atoms with Crippen molar-refractivity contribution in [1.82, 2.24) is 19.9 Å². The van der Waals surface area contributed by atoms with Crippen LogP contribution >= 0.6 is 7.75 Å². The second-order valence-electron chi connectivity index (χ2n) is 4.76. The van der Waals surface area contributed by atoms with Crippen LogP contribution in [-0.2, 0) is 13.8 Å². The van der Waals surface area contributed by atoms with Gasteiger partial charge in [-0.2, -0.15) is 0 Å². The smallest absolute Gasteiger partial charge is 0.387 e. The Kier molecular flexibility index (Phi) is 5.47. The van der Waals surface area contributed by atoms with Crippen molar-refractivity contribution in [2.45, 2.75) is 31.5 Å². The Morgan fingerprint density at radius 2 is 2.26 bits per heavy atom. The van der Waals surface area contributed by atoms with Gasteiger partial charge in [0.05, 0.1) is 6.61 Å². The highest BCUT2D eigenvalue weighted by atomic mass is 31.2. The topological polar surface area (TPSA) is 182 Å². The van der Waals surface area contributed by atoms with Crippen LogP contribution in [0.15, 0.2) is 6.33 Å². The average Bonchev–Trinajstić information content (AvgIpc) is 3.04. The fraction of sp³-hybridized carbons (Fsp3) is 0.700. The number of carbonyl (C=O) groups excluding carboxylic acids is 1. The maximum absolute atomic E-state index is 11.5. The molecule has 0 spiro atoms. The molecule has 12 nitrogen and oxygen atoms in total. The van der Waals surface area contributed by atoms with Gasteiger partial charge in [0.1, 0.15) is 24.6 Å². The van der Waals surface area contributed by atoms with Gasteiger partial charge in [0.25, 0.3) is 5.91 Å². The summed E-state index contributed by atoms with van der Waals surface area (Å²) in [6.45, 7) is 1.32. The maximum atomic E-state index is 11.5. The van der Waals surface area contributed by atoms with E-state index in [4.69, 9.17) is 10.5 Å². The van der Waals surface area contributed by atoms with Gasteiger partial charge in [-0.3, -0.25) is 9.32 Å². The molecule has 1 aromatic rings. The van der Waals surface area contributed by atoms with Crippen LogP contribution in [0.25, 0.3) is 0 Å². The lowest BCUT2D eigenvalue weighted by Crippen LogP contribution is -2.37. The Bertz CT molecular complexity index is 610. The normalized spacial score (nSPS) is 30.3. The average molecular weight is 351 g/mol. The van der Waals surface area contributed by atoms with Gasteiger partial charge in [0, 0.05) is 6.54 Å². The zero-order chi connectivity index (χ0) is 17.2.